The van der Waals surface area contributed by atoms with Gasteiger partial charge in [0.1, 0.15) is 0 Å². The van der Waals surface area contributed by atoms with Gasteiger partial charge in [-0.3, -0.25) is 9.48 Å². The van der Waals surface area contributed by atoms with Gasteiger partial charge in [0.15, 0.2) is 12.3 Å². The summed E-state index contributed by atoms with van der Waals surface area (Å²) < 4.78 is 46.9. The summed E-state index contributed by atoms with van der Waals surface area (Å²) in [7, 11) is 1.50. The molecule has 0 atom stereocenters. The molecule has 0 bridgehead atoms. The molecule has 28 heavy (non-hydrogen) atoms. The summed E-state index contributed by atoms with van der Waals surface area (Å²) in [6, 6.07) is 6.25. The molecular formula is C19H19F3N4O2. The van der Waals surface area contributed by atoms with E-state index in [1.54, 1.807) is 12.1 Å². The summed E-state index contributed by atoms with van der Waals surface area (Å²) in [4.78, 5) is 16.2. The molecule has 0 spiro atoms. The number of rotatable bonds is 4. The van der Waals surface area contributed by atoms with Crippen LogP contribution in [-0.4, -0.2) is 27.3 Å². The van der Waals surface area contributed by atoms with Crippen LogP contribution in [0.15, 0.2) is 24.3 Å². The normalized spacial score (nSPS) is 11.7. The van der Waals surface area contributed by atoms with Crippen molar-refractivity contribution in [2.45, 2.75) is 26.9 Å². The van der Waals surface area contributed by atoms with Crippen LogP contribution in [0.3, 0.4) is 0 Å². The Hall–Kier alpha value is -3.10. The molecule has 1 aromatic carbocycles. The predicted molar refractivity (Wildman–Crippen MR) is 98.3 cm³/mol. The molecular weight excluding hydrogens is 373 g/mol. The van der Waals surface area contributed by atoms with Crippen molar-refractivity contribution >= 4 is 22.6 Å². The highest BCUT2D eigenvalue weighted by Crippen LogP contribution is 2.37. The molecule has 0 unspecified atom stereocenters. The Bertz CT molecular complexity index is 1060. The summed E-state index contributed by atoms with van der Waals surface area (Å²) in [6.45, 7) is 4.79. The third-order valence-corrected chi connectivity index (χ3v) is 4.48. The van der Waals surface area contributed by atoms with Crippen LogP contribution in [0, 0.1) is 20.8 Å². The average molecular weight is 392 g/mol. The van der Waals surface area contributed by atoms with Crippen molar-refractivity contribution < 1.29 is 22.7 Å². The van der Waals surface area contributed by atoms with Crippen LogP contribution >= 0.6 is 0 Å². The van der Waals surface area contributed by atoms with Crippen LogP contribution in [-0.2, 0) is 18.0 Å². The van der Waals surface area contributed by atoms with Gasteiger partial charge in [-0.2, -0.15) is 23.3 Å². The number of ether oxygens (including phenoxy) is 1. The van der Waals surface area contributed by atoms with Crippen LogP contribution in [0.2, 0.25) is 0 Å². The number of hydrogen-bond acceptors (Lipinski definition) is 4. The maximum Gasteiger partial charge on any atom is 0.417 e. The van der Waals surface area contributed by atoms with E-state index in [4.69, 9.17) is 4.74 Å². The molecule has 0 saturated heterocycles. The minimum absolute atomic E-state index is 0.0391. The second-order valence-corrected chi connectivity index (χ2v) is 6.50. The molecule has 6 nitrogen and oxygen atoms in total. The molecule has 3 rings (SSSR count). The fourth-order valence-electron chi connectivity index (χ4n) is 2.93. The van der Waals surface area contributed by atoms with Gasteiger partial charge in [0.25, 0.3) is 5.91 Å². The highest BCUT2D eigenvalue weighted by atomic mass is 19.4. The Morgan fingerprint density at radius 1 is 1.25 bits per heavy atom. The molecule has 1 amide bonds. The van der Waals surface area contributed by atoms with E-state index in [-0.39, 0.29) is 22.6 Å². The SMILES string of the molecule is Cc1cccc(NC(=O)COc2cc(C(F)(F)F)c3c(C)nn(C)c3n2)c1C. The zero-order chi connectivity index (χ0) is 20.6. The lowest BCUT2D eigenvalue weighted by Crippen LogP contribution is -2.21. The van der Waals surface area contributed by atoms with E-state index < -0.39 is 24.3 Å². The third kappa shape index (κ3) is 3.78. The summed E-state index contributed by atoms with van der Waals surface area (Å²) in [5.74, 6) is -0.788. The Kier molecular flexibility index (Phi) is 5.01. The number of nitrogens with one attached hydrogen (secondary N) is 1. The smallest absolute Gasteiger partial charge is 0.417 e. The molecule has 0 radical (unpaired) electrons. The number of aromatic nitrogens is 3. The van der Waals surface area contributed by atoms with Crippen LogP contribution in [0.25, 0.3) is 11.0 Å². The van der Waals surface area contributed by atoms with Crippen molar-refractivity contribution in [3.63, 3.8) is 0 Å². The van der Waals surface area contributed by atoms with Crippen LogP contribution < -0.4 is 10.1 Å². The summed E-state index contributed by atoms with van der Waals surface area (Å²) in [5.41, 5.74) is 1.89. The quantitative estimate of drug-likeness (QED) is 0.731. The first-order chi connectivity index (χ1) is 13.1. The number of halogens is 3. The molecule has 2 heterocycles. The predicted octanol–water partition coefficient (Wildman–Crippen LogP) is 3.93. The van der Waals surface area contributed by atoms with Crippen molar-refractivity contribution in [2.75, 3.05) is 11.9 Å². The number of pyridine rings is 1. The number of fused-ring (bicyclic) bond motifs is 1. The number of alkyl halides is 3. The van der Waals surface area contributed by atoms with Gasteiger partial charge in [0.05, 0.1) is 16.6 Å². The van der Waals surface area contributed by atoms with Gasteiger partial charge >= 0.3 is 6.18 Å². The van der Waals surface area contributed by atoms with Gasteiger partial charge in [-0.15, -0.1) is 0 Å². The molecule has 0 fully saturated rings. The molecule has 0 saturated carbocycles. The fraction of sp³-hybridized carbons (Fsp3) is 0.316. The zero-order valence-electron chi connectivity index (χ0n) is 15.8. The third-order valence-electron chi connectivity index (χ3n) is 4.48. The van der Waals surface area contributed by atoms with E-state index in [1.165, 1.54) is 18.7 Å². The first-order valence-corrected chi connectivity index (χ1v) is 8.48. The van der Waals surface area contributed by atoms with Crippen LogP contribution in [0.4, 0.5) is 18.9 Å². The summed E-state index contributed by atoms with van der Waals surface area (Å²) >= 11 is 0. The van der Waals surface area contributed by atoms with Gasteiger partial charge in [0.2, 0.25) is 5.88 Å². The second kappa shape index (κ2) is 7.14. The number of carbonyl (C=O) groups excluding carboxylic acids is 1. The topological polar surface area (TPSA) is 69.0 Å². The number of aryl methyl sites for hydroxylation is 3. The van der Waals surface area contributed by atoms with Crippen LogP contribution in [0.1, 0.15) is 22.4 Å². The lowest BCUT2D eigenvalue weighted by atomic mass is 10.1. The van der Waals surface area contributed by atoms with E-state index in [9.17, 15) is 18.0 Å². The number of nitrogens with zero attached hydrogens (tertiary/aromatic N) is 3. The Balaban J connectivity index is 1.83. The van der Waals surface area contributed by atoms with Crippen molar-refractivity contribution in [3.8, 4) is 5.88 Å². The maximum absolute atomic E-state index is 13.5. The molecule has 0 aliphatic carbocycles. The Morgan fingerprint density at radius 3 is 2.64 bits per heavy atom. The largest absolute Gasteiger partial charge is 0.467 e. The van der Waals surface area contributed by atoms with Crippen molar-refractivity contribution in [3.05, 3.63) is 46.6 Å². The number of anilines is 1. The first-order valence-electron chi connectivity index (χ1n) is 8.48. The lowest BCUT2D eigenvalue weighted by Gasteiger charge is -2.13. The highest BCUT2D eigenvalue weighted by Gasteiger charge is 2.35. The molecule has 0 aliphatic rings. The van der Waals surface area contributed by atoms with Gasteiger partial charge < -0.3 is 10.1 Å². The van der Waals surface area contributed by atoms with Crippen molar-refractivity contribution in [2.24, 2.45) is 7.05 Å². The van der Waals surface area contributed by atoms with E-state index >= 15 is 0 Å². The second-order valence-electron chi connectivity index (χ2n) is 6.50. The minimum atomic E-state index is -4.60. The van der Waals surface area contributed by atoms with E-state index in [2.05, 4.69) is 15.4 Å². The van der Waals surface area contributed by atoms with Crippen LogP contribution in [0.5, 0.6) is 5.88 Å². The van der Waals surface area contributed by atoms with E-state index in [1.807, 2.05) is 19.9 Å². The molecule has 2 aromatic heterocycles. The minimum Gasteiger partial charge on any atom is -0.467 e. The standard InChI is InChI=1S/C19H19F3N4O2/c1-10-6-5-7-14(11(10)2)23-15(27)9-28-16-8-13(19(20,21)22)17-12(3)25-26(4)18(17)24-16/h5-8H,9H2,1-4H3,(H,23,27). The highest BCUT2D eigenvalue weighted by molar-refractivity contribution is 5.92. The Morgan fingerprint density at radius 2 is 1.96 bits per heavy atom. The number of carbonyl (C=O) groups is 1. The molecule has 1 N–H and O–H groups in total. The Labute approximate surface area is 159 Å². The summed E-state index contributed by atoms with van der Waals surface area (Å²) in [5, 5.41) is 6.60. The summed E-state index contributed by atoms with van der Waals surface area (Å²) in [6.07, 6.45) is -4.60. The lowest BCUT2D eigenvalue weighted by molar-refractivity contribution is -0.136. The van der Waals surface area contributed by atoms with Crippen molar-refractivity contribution in [1.82, 2.24) is 14.8 Å². The zero-order valence-corrected chi connectivity index (χ0v) is 15.8. The number of amides is 1. The average Bonchev–Trinajstić information content (AvgIpc) is 2.90. The van der Waals surface area contributed by atoms with Gasteiger partial charge in [-0.05, 0) is 38.0 Å². The monoisotopic (exact) mass is 392 g/mol. The van der Waals surface area contributed by atoms with Gasteiger partial charge in [-0.25, -0.2) is 0 Å². The number of benzene rings is 1. The van der Waals surface area contributed by atoms with E-state index in [0.717, 1.165) is 17.2 Å². The fourth-order valence-corrected chi connectivity index (χ4v) is 2.93. The van der Waals surface area contributed by atoms with Crippen molar-refractivity contribution in [1.29, 1.82) is 0 Å². The molecule has 0 aliphatic heterocycles. The molecule has 3 aromatic rings. The van der Waals surface area contributed by atoms with Gasteiger partial charge in [0, 0.05) is 18.8 Å². The first kappa shape index (κ1) is 19.7. The number of hydrogen-bond donors (Lipinski definition) is 1. The van der Waals surface area contributed by atoms with Gasteiger partial charge in [-0.1, -0.05) is 12.1 Å². The maximum atomic E-state index is 13.5. The molecule has 9 heteroatoms. The van der Waals surface area contributed by atoms with E-state index in [0.29, 0.717) is 5.69 Å². The molecule has 148 valence electrons.